The Hall–Kier alpha value is -1.99. The van der Waals surface area contributed by atoms with E-state index < -0.39 is 0 Å². The quantitative estimate of drug-likeness (QED) is 0.847. The molecule has 1 saturated heterocycles. The topological polar surface area (TPSA) is 72.1 Å². The Labute approximate surface area is 148 Å². The first-order chi connectivity index (χ1) is 12.0. The Kier molecular flexibility index (Phi) is 5.65. The summed E-state index contributed by atoms with van der Waals surface area (Å²) in [5.74, 6) is 1.44. The first kappa shape index (κ1) is 17.8. The number of ether oxygens (including phenoxy) is 3. The lowest BCUT2D eigenvalue weighted by molar-refractivity contribution is -0.0778. The minimum atomic E-state index is -0.183. The largest absolute Gasteiger partial charge is 0.454 e. The van der Waals surface area contributed by atoms with E-state index in [4.69, 9.17) is 14.2 Å². The first-order valence-corrected chi connectivity index (χ1v) is 8.81. The van der Waals surface area contributed by atoms with Gasteiger partial charge in [0.1, 0.15) is 0 Å². The molecule has 7 nitrogen and oxygen atoms in total. The van der Waals surface area contributed by atoms with Crippen LogP contribution in [0.2, 0.25) is 0 Å². The van der Waals surface area contributed by atoms with Crippen LogP contribution < -0.4 is 20.1 Å². The smallest absolute Gasteiger partial charge is 0.315 e. The molecule has 2 aliphatic heterocycles. The van der Waals surface area contributed by atoms with Crippen LogP contribution >= 0.6 is 0 Å². The van der Waals surface area contributed by atoms with Crippen molar-refractivity contribution in [3.63, 3.8) is 0 Å². The second kappa shape index (κ2) is 7.93. The van der Waals surface area contributed by atoms with Gasteiger partial charge in [-0.05, 0) is 26.8 Å². The number of nitrogens with zero attached hydrogens (tertiary/aromatic N) is 1. The number of fused-ring (bicyclic) bond motifs is 1. The average molecular weight is 349 g/mol. The van der Waals surface area contributed by atoms with Crippen molar-refractivity contribution in [1.29, 1.82) is 0 Å². The number of hydrogen-bond donors (Lipinski definition) is 2. The van der Waals surface area contributed by atoms with Crippen LogP contribution in [0, 0.1) is 0 Å². The van der Waals surface area contributed by atoms with E-state index in [-0.39, 0.29) is 31.1 Å². The number of benzene rings is 1. The Bertz CT molecular complexity index is 600. The zero-order chi connectivity index (χ0) is 17.8. The lowest BCUT2D eigenvalue weighted by Crippen LogP contribution is -2.52. The van der Waals surface area contributed by atoms with Gasteiger partial charge in [0.2, 0.25) is 6.79 Å². The third-order valence-electron chi connectivity index (χ3n) is 4.55. The van der Waals surface area contributed by atoms with E-state index in [0.29, 0.717) is 18.8 Å². The molecule has 1 fully saturated rings. The fourth-order valence-corrected chi connectivity index (χ4v) is 3.31. The minimum absolute atomic E-state index is 0.183. The van der Waals surface area contributed by atoms with Gasteiger partial charge in [0, 0.05) is 37.8 Å². The lowest BCUT2D eigenvalue weighted by atomic mass is 10.1. The number of carbonyl (C=O) groups is 1. The molecule has 0 saturated carbocycles. The van der Waals surface area contributed by atoms with E-state index in [1.165, 1.54) is 0 Å². The van der Waals surface area contributed by atoms with Crippen molar-refractivity contribution < 1.29 is 19.0 Å². The van der Waals surface area contributed by atoms with Gasteiger partial charge in [-0.15, -0.1) is 0 Å². The molecule has 1 aromatic carbocycles. The van der Waals surface area contributed by atoms with Crippen LogP contribution in [-0.2, 0) is 11.3 Å². The number of morpholine rings is 1. The normalized spacial score (nSPS) is 24.0. The zero-order valence-electron chi connectivity index (χ0n) is 15.1. The number of rotatable bonds is 5. The molecule has 0 unspecified atom stereocenters. The molecule has 1 aromatic rings. The summed E-state index contributed by atoms with van der Waals surface area (Å²) in [5, 5.41) is 5.82. The predicted octanol–water partition coefficient (Wildman–Crippen LogP) is 1.71. The highest BCUT2D eigenvalue weighted by molar-refractivity contribution is 5.74. The Morgan fingerprint density at radius 1 is 1.24 bits per heavy atom. The highest BCUT2D eigenvalue weighted by Crippen LogP contribution is 2.35. The summed E-state index contributed by atoms with van der Waals surface area (Å²) in [6.45, 7) is 9.30. The maximum atomic E-state index is 12.1. The molecule has 2 heterocycles. The second-order valence-electron chi connectivity index (χ2n) is 6.77. The summed E-state index contributed by atoms with van der Waals surface area (Å²) >= 11 is 0. The third kappa shape index (κ3) is 4.55. The van der Waals surface area contributed by atoms with Gasteiger partial charge in [-0.25, -0.2) is 4.79 Å². The van der Waals surface area contributed by atoms with Crippen molar-refractivity contribution in [2.75, 3.05) is 26.4 Å². The fraction of sp³-hybridized carbons (Fsp3) is 0.611. The molecule has 3 rings (SSSR count). The molecule has 138 valence electrons. The monoisotopic (exact) mass is 349 g/mol. The second-order valence-corrected chi connectivity index (χ2v) is 6.77. The standard InChI is InChI=1S/C18H27N3O4/c1-12(21-9-13(2)25-14(3)10-21)7-19-18(22)20-8-15-5-4-6-16-17(15)24-11-23-16/h4-6,12-14H,7-11H2,1-3H3,(H2,19,20,22)/t12-,13+,14+/m0/s1. The molecule has 0 spiro atoms. The van der Waals surface area contributed by atoms with Crippen molar-refractivity contribution in [2.24, 2.45) is 0 Å². The molecular formula is C18H27N3O4. The average Bonchev–Trinajstić information content (AvgIpc) is 3.06. The molecule has 0 aromatic heterocycles. The van der Waals surface area contributed by atoms with Crippen molar-refractivity contribution in [2.45, 2.75) is 45.6 Å². The van der Waals surface area contributed by atoms with Gasteiger partial charge in [0.15, 0.2) is 11.5 Å². The van der Waals surface area contributed by atoms with E-state index in [9.17, 15) is 4.79 Å². The summed E-state index contributed by atoms with van der Waals surface area (Å²) in [6.07, 6.45) is 0.449. The Balaban J connectivity index is 1.43. The van der Waals surface area contributed by atoms with Gasteiger partial charge in [-0.3, -0.25) is 4.90 Å². The molecule has 3 atom stereocenters. The molecule has 2 N–H and O–H groups in total. The fourth-order valence-electron chi connectivity index (χ4n) is 3.31. The number of amides is 2. The molecule has 0 aliphatic carbocycles. The van der Waals surface area contributed by atoms with Crippen LogP contribution in [0.4, 0.5) is 4.79 Å². The van der Waals surface area contributed by atoms with Gasteiger partial charge >= 0.3 is 6.03 Å². The molecular weight excluding hydrogens is 322 g/mol. The van der Waals surface area contributed by atoms with Gasteiger partial charge in [-0.2, -0.15) is 0 Å². The van der Waals surface area contributed by atoms with Crippen molar-refractivity contribution >= 4 is 6.03 Å². The minimum Gasteiger partial charge on any atom is -0.454 e. The van der Waals surface area contributed by atoms with Crippen LogP contribution in [0.15, 0.2) is 18.2 Å². The summed E-state index contributed by atoms with van der Waals surface area (Å²) in [4.78, 5) is 14.5. The van der Waals surface area contributed by atoms with Crippen molar-refractivity contribution in [3.05, 3.63) is 23.8 Å². The Morgan fingerprint density at radius 3 is 2.76 bits per heavy atom. The molecule has 0 bridgehead atoms. The van der Waals surface area contributed by atoms with Crippen molar-refractivity contribution in [1.82, 2.24) is 15.5 Å². The van der Waals surface area contributed by atoms with E-state index >= 15 is 0 Å². The number of carbonyl (C=O) groups excluding carboxylic acids is 1. The summed E-state index contributed by atoms with van der Waals surface area (Å²) < 4.78 is 16.5. The van der Waals surface area contributed by atoms with Gasteiger partial charge in [-0.1, -0.05) is 12.1 Å². The SMILES string of the molecule is C[C@@H]1CN([C@@H](C)CNC(=O)NCc2cccc3c2OCO3)C[C@@H](C)O1. The van der Waals surface area contributed by atoms with Crippen LogP contribution in [0.25, 0.3) is 0 Å². The summed E-state index contributed by atoms with van der Waals surface area (Å²) in [5.41, 5.74) is 0.911. The van der Waals surface area contributed by atoms with E-state index in [2.05, 4.69) is 36.3 Å². The lowest BCUT2D eigenvalue weighted by Gasteiger charge is -2.38. The maximum Gasteiger partial charge on any atom is 0.315 e. The van der Waals surface area contributed by atoms with E-state index in [1.54, 1.807) is 0 Å². The molecule has 7 heteroatoms. The number of hydrogen-bond acceptors (Lipinski definition) is 5. The van der Waals surface area contributed by atoms with E-state index in [0.717, 1.165) is 24.4 Å². The molecule has 25 heavy (non-hydrogen) atoms. The van der Waals surface area contributed by atoms with Crippen LogP contribution in [-0.4, -0.2) is 55.6 Å². The molecule has 0 radical (unpaired) electrons. The third-order valence-corrected chi connectivity index (χ3v) is 4.55. The Morgan fingerprint density at radius 2 is 2.00 bits per heavy atom. The first-order valence-electron chi connectivity index (χ1n) is 8.81. The number of para-hydroxylation sites is 1. The summed E-state index contributed by atoms with van der Waals surface area (Å²) in [7, 11) is 0. The summed E-state index contributed by atoms with van der Waals surface area (Å²) in [6, 6.07) is 5.76. The van der Waals surface area contributed by atoms with Gasteiger partial charge < -0.3 is 24.8 Å². The number of nitrogens with one attached hydrogen (secondary N) is 2. The van der Waals surface area contributed by atoms with Crippen molar-refractivity contribution in [3.8, 4) is 11.5 Å². The van der Waals surface area contributed by atoms with Gasteiger partial charge in [0.05, 0.1) is 12.2 Å². The highest BCUT2D eigenvalue weighted by atomic mass is 16.7. The van der Waals surface area contributed by atoms with Crippen LogP contribution in [0.3, 0.4) is 0 Å². The number of urea groups is 1. The van der Waals surface area contributed by atoms with Gasteiger partial charge in [0.25, 0.3) is 0 Å². The molecule has 2 amide bonds. The zero-order valence-corrected chi connectivity index (χ0v) is 15.1. The predicted molar refractivity (Wildman–Crippen MR) is 93.8 cm³/mol. The highest BCUT2D eigenvalue weighted by Gasteiger charge is 2.25. The maximum absolute atomic E-state index is 12.1. The van der Waals surface area contributed by atoms with E-state index in [1.807, 2.05) is 18.2 Å². The van der Waals surface area contributed by atoms with Crippen LogP contribution in [0.1, 0.15) is 26.3 Å². The molecule has 2 aliphatic rings. The van der Waals surface area contributed by atoms with Crippen LogP contribution in [0.5, 0.6) is 11.5 Å².